The van der Waals surface area contributed by atoms with Crippen molar-refractivity contribution in [3.63, 3.8) is 0 Å². The number of thiazole rings is 1. The van der Waals surface area contributed by atoms with Gasteiger partial charge in [0.25, 0.3) is 0 Å². The molecule has 1 N–H and O–H groups in total. The van der Waals surface area contributed by atoms with Gasteiger partial charge >= 0.3 is 0 Å². The number of ether oxygens (including phenoxy) is 2. The lowest BCUT2D eigenvalue weighted by Gasteiger charge is -2.14. The van der Waals surface area contributed by atoms with Crippen LogP contribution in [0.1, 0.15) is 37.5 Å². The molecule has 3 aromatic rings. The normalized spacial score (nSPS) is 11.2. The highest BCUT2D eigenvalue weighted by Gasteiger charge is 2.09. The maximum absolute atomic E-state index is 5.79. The fourth-order valence-corrected chi connectivity index (χ4v) is 3.60. The third-order valence-corrected chi connectivity index (χ3v) is 4.91. The molecule has 0 radical (unpaired) electrons. The number of hydrogen-bond acceptors (Lipinski definition) is 6. The van der Waals surface area contributed by atoms with Crippen LogP contribution in [0.15, 0.2) is 46.9 Å². The predicted octanol–water partition coefficient (Wildman–Crippen LogP) is 6.06. The summed E-state index contributed by atoms with van der Waals surface area (Å²) >= 11 is 1.53. The van der Waals surface area contributed by atoms with E-state index < -0.39 is 0 Å². The van der Waals surface area contributed by atoms with E-state index in [0.29, 0.717) is 6.61 Å². The first-order valence-corrected chi connectivity index (χ1v) is 10.6. The van der Waals surface area contributed by atoms with Gasteiger partial charge in [0, 0.05) is 10.9 Å². The molecule has 2 aromatic carbocycles. The van der Waals surface area contributed by atoms with Crippen LogP contribution in [0.4, 0.5) is 5.13 Å². The topological polar surface area (TPSA) is 55.7 Å². The van der Waals surface area contributed by atoms with E-state index in [1.54, 1.807) is 6.21 Å². The first-order chi connectivity index (χ1) is 14.0. The molecule has 1 heterocycles. The van der Waals surface area contributed by atoms with E-state index in [2.05, 4.69) is 47.6 Å². The predicted molar refractivity (Wildman–Crippen MR) is 122 cm³/mol. The van der Waals surface area contributed by atoms with Crippen LogP contribution in [-0.4, -0.2) is 23.9 Å². The number of hydrogen-bond donors (Lipinski definition) is 1. The molecule has 0 fully saturated rings. The van der Waals surface area contributed by atoms with Crippen LogP contribution in [0.25, 0.3) is 11.3 Å². The third-order valence-electron chi connectivity index (χ3n) is 4.17. The Morgan fingerprint density at radius 3 is 2.69 bits per heavy atom. The van der Waals surface area contributed by atoms with Crippen molar-refractivity contribution in [3.8, 4) is 22.8 Å². The van der Waals surface area contributed by atoms with E-state index in [9.17, 15) is 0 Å². The maximum atomic E-state index is 5.79. The summed E-state index contributed by atoms with van der Waals surface area (Å²) in [5.74, 6) is 1.46. The Kier molecular flexibility index (Phi) is 6.88. The highest BCUT2D eigenvalue weighted by Crippen LogP contribution is 2.30. The van der Waals surface area contributed by atoms with Crippen molar-refractivity contribution in [1.29, 1.82) is 0 Å². The van der Waals surface area contributed by atoms with Gasteiger partial charge < -0.3 is 9.47 Å². The van der Waals surface area contributed by atoms with E-state index >= 15 is 0 Å². The van der Waals surface area contributed by atoms with Crippen LogP contribution >= 0.6 is 11.3 Å². The standard InChI is InChI=1S/C23H27N3O2S/c1-6-27-22-12-18(8-10-21(22)28-15(2)3)13-24-26-23-25-20(14-29-23)19-9-7-16(4)11-17(19)5/h7-15H,6H2,1-5H3,(H,25,26)/b24-13-. The number of nitrogens with one attached hydrogen (secondary N) is 1. The van der Waals surface area contributed by atoms with Gasteiger partial charge in [-0.1, -0.05) is 23.8 Å². The van der Waals surface area contributed by atoms with Gasteiger partial charge in [0.05, 0.1) is 24.6 Å². The maximum Gasteiger partial charge on any atom is 0.203 e. The molecule has 3 rings (SSSR count). The van der Waals surface area contributed by atoms with E-state index in [0.717, 1.165) is 33.5 Å². The number of benzene rings is 2. The number of rotatable bonds is 8. The number of nitrogens with zero attached hydrogens (tertiary/aromatic N) is 2. The molecule has 6 heteroatoms. The van der Waals surface area contributed by atoms with Crippen LogP contribution in [0.3, 0.4) is 0 Å². The van der Waals surface area contributed by atoms with Crippen molar-refractivity contribution in [1.82, 2.24) is 4.98 Å². The van der Waals surface area contributed by atoms with Gasteiger partial charge in [-0.2, -0.15) is 5.10 Å². The van der Waals surface area contributed by atoms with Crippen molar-refractivity contribution in [2.24, 2.45) is 5.10 Å². The second-order valence-corrected chi connectivity index (χ2v) is 7.89. The number of aromatic nitrogens is 1. The van der Waals surface area contributed by atoms with Gasteiger partial charge in [-0.3, -0.25) is 5.43 Å². The highest BCUT2D eigenvalue weighted by molar-refractivity contribution is 7.14. The van der Waals surface area contributed by atoms with Crippen LogP contribution in [-0.2, 0) is 0 Å². The van der Waals surface area contributed by atoms with Crippen molar-refractivity contribution in [3.05, 3.63) is 58.5 Å². The zero-order valence-electron chi connectivity index (χ0n) is 17.5. The summed E-state index contributed by atoms with van der Waals surface area (Å²) in [6, 6.07) is 12.2. The van der Waals surface area contributed by atoms with Gasteiger partial charge in [-0.15, -0.1) is 11.3 Å². The van der Waals surface area contributed by atoms with Crippen LogP contribution < -0.4 is 14.9 Å². The molecule has 0 aliphatic heterocycles. The monoisotopic (exact) mass is 409 g/mol. The second-order valence-electron chi connectivity index (χ2n) is 7.03. The summed E-state index contributed by atoms with van der Waals surface area (Å²) in [6.07, 6.45) is 1.84. The first kappa shape index (κ1) is 20.9. The molecular formula is C23H27N3O2S. The van der Waals surface area contributed by atoms with Crippen LogP contribution in [0, 0.1) is 13.8 Å². The summed E-state index contributed by atoms with van der Waals surface area (Å²) in [6.45, 7) is 10.7. The van der Waals surface area contributed by atoms with E-state index in [1.807, 2.05) is 44.4 Å². The summed E-state index contributed by atoms with van der Waals surface area (Å²) in [5, 5.41) is 7.12. The summed E-state index contributed by atoms with van der Waals surface area (Å²) < 4.78 is 11.5. The van der Waals surface area contributed by atoms with Gasteiger partial charge in [0.1, 0.15) is 0 Å². The molecule has 0 bridgehead atoms. The Morgan fingerprint density at radius 1 is 1.14 bits per heavy atom. The lowest BCUT2D eigenvalue weighted by Crippen LogP contribution is -2.07. The summed E-state index contributed by atoms with van der Waals surface area (Å²) in [5.41, 5.74) is 8.51. The molecule has 0 spiro atoms. The van der Waals surface area contributed by atoms with Crippen molar-refractivity contribution < 1.29 is 9.47 Å². The largest absolute Gasteiger partial charge is 0.490 e. The molecule has 5 nitrogen and oxygen atoms in total. The fraction of sp³-hybridized carbons (Fsp3) is 0.304. The molecule has 0 amide bonds. The average Bonchev–Trinajstić information content (AvgIpc) is 3.12. The minimum absolute atomic E-state index is 0.0895. The molecule has 0 atom stereocenters. The molecular weight excluding hydrogens is 382 g/mol. The third kappa shape index (κ3) is 5.57. The molecule has 0 aliphatic carbocycles. The van der Waals surface area contributed by atoms with Gasteiger partial charge in [-0.25, -0.2) is 4.98 Å². The summed E-state index contributed by atoms with van der Waals surface area (Å²) in [7, 11) is 0. The molecule has 29 heavy (non-hydrogen) atoms. The fourth-order valence-electron chi connectivity index (χ4n) is 2.94. The number of anilines is 1. The Hall–Kier alpha value is -2.86. The van der Waals surface area contributed by atoms with Gasteiger partial charge in [0.2, 0.25) is 5.13 Å². The Bertz CT molecular complexity index is 996. The SMILES string of the molecule is CCOc1cc(/C=N\Nc2nc(-c3ccc(C)cc3C)cs2)ccc1OC(C)C. The van der Waals surface area contributed by atoms with E-state index in [4.69, 9.17) is 9.47 Å². The molecule has 0 unspecified atom stereocenters. The lowest BCUT2D eigenvalue weighted by molar-refractivity contribution is 0.224. The lowest BCUT2D eigenvalue weighted by atomic mass is 10.0. The molecule has 1 aromatic heterocycles. The van der Waals surface area contributed by atoms with E-state index in [1.165, 1.54) is 22.5 Å². The quantitative estimate of drug-likeness (QED) is 0.363. The second kappa shape index (κ2) is 9.56. The smallest absolute Gasteiger partial charge is 0.203 e. The minimum atomic E-state index is 0.0895. The van der Waals surface area contributed by atoms with Gasteiger partial charge in [0.15, 0.2) is 11.5 Å². The van der Waals surface area contributed by atoms with Crippen LogP contribution in [0.2, 0.25) is 0 Å². The minimum Gasteiger partial charge on any atom is -0.490 e. The Morgan fingerprint density at radius 2 is 1.97 bits per heavy atom. The summed E-state index contributed by atoms with van der Waals surface area (Å²) in [4.78, 5) is 4.64. The highest BCUT2D eigenvalue weighted by atomic mass is 32.1. The molecule has 152 valence electrons. The molecule has 0 aliphatic rings. The average molecular weight is 410 g/mol. The first-order valence-electron chi connectivity index (χ1n) is 9.72. The number of aryl methyl sites for hydroxylation is 2. The zero-order valence-corrected chi connectivity index (χ0v) is 18.3. The zero-order chi connectivity index (χ0) is 20.8. The Balaban J connectivity index is 1.70. The Labute approximate surface area is 176 Å². The van der Waals surface area contributed by atoms with Gasteiger partial charge in [-0.05, 0) is 63.9 Å². The van der Waals surface area contributed by atoms with E-state index in [-0.39, 0.29) is 6.10 Å². The molecule has 0 saturated carbocycles. The van der Waals surface area contributed by atoms with Crippen molar-refractivity contribution in [2.45, 2.75) is 40.7 Å². The van der Waals surface area contributed by atoms with Crippen LogP contribution in [0.5, 0.6) is 11.5 Å². The number of hydrazone groups is 1. The molecule has 0 saturated heterocycles. The van der Waals surface area contributed by atoms with Crippen molar-refractivity contribution >= 4 is 22.7 Å². The van der Waals surface area contributed by atoms with Crippen molar-refractivity contribution in [2.75, 3.05) is 12.0 Å².